The van der Waals surface area contributed by atoms with Gasteiger partial charge in [0.05, 0.1) is 4.92 Å². The van der Waals surface area contributed by atoms with Gasteiger partial charge in [0.2, 0.25) is 11.6 Å². The van der Waals surface area contributed by atoms with Gasteiger partial charge in [-0.25, -0.2) is 9.97 Å². The van der Waals surface area contributed by atoms with E-state index in [2.05, 4.69) is 29.1 Å². The molecular weight excluding hydrogens is 258 g/mol. The van der Waals surface area contributed by atoms with Gasteiger partial charge >= 0.3 is 5.69 Å². The van der Waals surface area contributed by atoms with Crippen LogP contribution >= 0.6 is 0 Å². The SMILES string of the molecule is CCN(CC)c1ncnc(NCCC(C)C)c1[N+](=O)[O-]. The first-order valence-electron chi connectivity index (χ1n) is 6.99. The maximum absolute atomic E-state index is 11.3. The Balaban J connectivity index is 3.05. The average molecular weight is 281 g/mol. The molecule has 0 saturated heterocycles. The zero-order chi connectivity index (χ0) is 15.1. The second-order valence-electron chi connectivity index (χ2n) is 4.93. The van der Waals surface area contributed by atoms with Crippen LogP contribution in [0, 0.1) is 16.0 Å². The number of aromatic nitrogens is 2. The Morgan fingerprint density at radius 1 is 1.35 bits per heavy atom. The van der Waals surface area contributed by atoms with E-state index in [9.17, 15) is 10.1 Å². The molecule has 0 aliphatic carbocycles. The molecule has 0 aliphatic rings. The van der Waals surface area contributed by atoms with Gasteiger partial charge in [0.1, 0.15) is 6.33 Å². The van der Waals surface area contributed by atoms with Crippen LogP contribution in [0.4, 0.5) is 17.3 Å². The molecule has 0 radical (unpaired) electrons. The van der Waals surface area contributed by atoms with Crippen molar-refractivity contribution in [2.45, 2.75) is 34.1 Å². The lowest BCUT2D eigenvalue weighted by molar-refractivity contribution is -0.383. The van der Waals surface area contributed by atoms with E-state index in [0.717, 1.165) is 6.42 Å². The highest BCUT2D eigenvalue weighted by Crippen LogP contribution is 2.31. The van der Waals surface area contributed by atoms with Crippen LogP contribution in [0.15, 0.2) is 6.33 Å². The van der Waals surface area contributed by atoms with Crippen LogP contribution in [0.3, 0.4) is 0 Å². The van der Waals surface area contributed by atoms with E-state index in [0.29, 0.717) is 37.2 Å². The number of rotatable bonds is 8. The third-order valence-electron chi connectivity index (χ3n) is 3.06. The summed E-state index contributed by atoms with van der Waals surface area (Å²) in [5, 5.41) is 14.4. The van der Waals surface area contributed by atoms with Crippen molar-refractivity contribution in [3.63, 3.8) is 0 Å². The standard InChI is InChI=1S/C13H23N5O2/c1-5-17(6-2)13-11(18(19)20)12(15-9-16-13)14-8-7-10(3)4/h9-10H,5-8H2,1-4H3,(H,14,15,16). The number of hydrogen-bond donors (Lipinski definition) is 1. The number of nitrogens with one attached hydrogen (secondary N) is 1. The maximum Gasteiger partial charge on any atom is 0.353 e. The molecule has 0 amide bonds. The van der Waals surface area contributed by atoms with Crippen molar-refractivity contribution in [1.82, 2.24) is 9.97 Å². The fourth-order valence-electron chi connectivity index (χ4n) is 1.90. The van der Waals surface area contributed by atoms with Gasteiger partial charge in [-0.2, -0.15) is 0 Å². The lowest BCUT2D eigenvalue weighted by atomic mass is 10.1. The number of hydrogen-bond acceptors (Lipinski definition) is 6. The first-order chi connectivity index (χ1) is 9.51. The van der Waals surface area contributed by atoms with Crippen LogP contribution in [-0.2, 0) is 0 Å². The summed E-state index contributed by atoms with van der Waals surface area (Å²) in [6, 6.07) is 0. The first kappa shape index (κ1) is 16.1. The molecule has 7 nitrogen and oxygen atoms in total. The number of nitrogens with zero attached hydrogens (tertiary/aromatic N) is 4. The summed E-state index contributed by atoms with van der Waals surface area (Å²) in [6.07, 6.45) is 2.31. The molecule has 0 saturated carbocycles. The third-order valence-corrected chi connectivity index (χ3v) is 3.06. The van der Waals surface area contributed by atoms with E-state index in [1.54, 1.807) is 0 Å². The molecule has 1 aromatic heterocycles. The Kier molecular flexibility index (Phi) is 6.14. The zero-order valence-electron chi connectivity index (χ0n) is 12.6. The van der Waals surface area contributed by atoms with Gasteiger partial charge in [0.15, 0.2) is 0 Å². The van der Waals surface area contributed by atoms with E-state index in [4.69, 9.17) is 0 Å². The second-order valence-corrected chi connectivity index (χ2v) is 4.93. The van der Waals surface area contributed by atoms with Crippen molar-refractivity contribution >= 4 is 17.3 Å². The van der Waals surface area contributed by atoms with Gasteiger partial charge in [-0.3, -0.25) is 10.1 Å². The van der Waals surface area contributed by atoms with Crippen molar-refractivity contribution < 1.29 is 4.92 Å². The molecule has 0 aliphatic heterocycles. The highest BCUT2D eigenvalue weighted by Gasteiger charge is 2.25. The van der Waals surface area contributed by atoms with Crippen LogP contribution in [0.5, 0.6) is 0 Å². The van der Waals surface area contributed by atoms with Crippen LogP contribution in [0.2, 0.25) is 0 Å². The predicted octanol–water partition coefficient (Wildman–Crippen LogP) is 2.69. The topological polar surface area (TPSA) is 84.2 Å². The molecule has 7 heteroatoms. The molecular formula is C13H23N5O2. The number of nitro groups is 1. The molecule has 1 aromatic rings. The molecule has 0 atom stereocenters. The minimum Gasteiger partial charge on any atom is -0.364 e. The number of anilines is 2. The van der Waals surface area contributed by atoms with Crippen molar-refractivity contribution in [2.75, 3.05) is 29.9 Å². The Morgan fingerprint density at radius 2 is 2.00 bits per heavy atom. The molecule has 0 fully saturated rings. The summed E-state index contributed by atoms with van der Waals surface area (Å²) in [4.78, 5) is 20.9. The molecule has 0 spiro atoms. The van der Waals surface area contributed by atoms with E-state index >= 15 is 0 Å². The highest BCUT2D eigenvalue weighted by molar-refractivity contribution is 5.70. The fraction of sp³-hybridized carbons (Fsp3) is 0.692. The van der Waals surface area contributed by atoms with Gasteiger partial charge in [-0.05, 0) is 26.2 Å². The lowest BCUT2D eigenvalue weighted by Crippen LogP contribution is -2.24. The summed E-state index contributed by atoms with van der Waals surface area (Å²) in [7, 11) is 0. The largest absolute Gasteiger partial charge is 0.364 e. The third kappa shape index (κ3) is 4.04. The first-order valence-corrected chi connectivity index (χ1v) is 6.99. The van der Waals surface area contributed by atoms with Crippen molar-refractivity contribution in [2.24, 2.45) is 5.92 Å². The van der Waals surface area contributed by atoms with E-state index in [1.807, 2.05) is 18.7 Å². The van der Waals surface area contributed by atoms with Crippen LogP contribution in [0.25, 0.3) is 0 Å². The van der Waals surface area contributed by atoms with Gasteiger partial charge in [-0.15, -0.1) is 0 Å². The molecule has 112 valence electrons. The smallest absolute Gasteiger partial charge is 0.353 e. The highest BCUT2D eigenvalue weighted by atomic mass is 16.6. The van der Waals surface area contributed by atoms with Crippen molar-refractivity contribution in [3.05, 3.63) is 16.4 Å². The molecule has 1 rings (SSSR count). The Hall–Kier alpha value is -1.92. The van der Waals surface area contributed by atoms with Gasteiger partial charge in [0.25, 0.3) is 0 Å². The van der Waals surface area contributed by atoms with Crippen molar-refractivity contribution in [3.8, 4) is 0 Å². The summed E-state index contributed by atoms with van der Waals surface area (Å²) >= 11 is 0. The van der Waals surface area contributed by atoms with Crippen molar-refractivity contribution in [1.29, 1.82) is 0 Å². The minimum atomic E-state index is -0.411. The van der Waals surface area contributed by atoms with Gasteiger partial charge in [-0.1, -0.05) is 13.8 Å². The van der Waals surface area contributed by atoms with Crippen LogP contribution in [-0.4, -0.2) is 34.5 Å². The lowest BCUT2D eigenvalue weighted by Gasteiger charge is -2.20. The Bertz CT molecular complexity index is 446. The van der Waals surface area contributed by atoms with Crippen LogP contribution in [0.1, 0.15) is 34.1 Å². The molecule has 0 bridgehead atoms. The van der Waals surface area contributed by atoms with E-state index in [-0.39, 0.29) is 5.69 Å². The van der Waals surface area contributed by atoms with Gasteiger partial charge < -0.3 is 10.2 Å². The second kappa shape index (κ2) is 7.62. The fourth-order valence-corrected chi connectivity index (χ4v) is 1.90. The molecule has 20 heavy (non-hydrogen) atoms. The quantitative estimate of drug-likeness (QED) is 0.582. The van der Waals surface area contributed by atoms with Crippen LogP contribution < -0.4 is 10.2 Å². The zero-order valence-corrected chi connectivity index (χ0v) is 12.6. The van der Waals surface area contributed by atoms with E-state index in [1.165, 1.54) is 6.33 Å². The minimum absolute atomic E-state index is 0.0417. The monoisotopic (exact) mass is 281 g/mol. The maximum atomic E-state index is 11.3. The summed E-state index contributed by atoms with van der Waals surface area (Å²) in [6.45, 7) is 10.1. The normalized spacial score (nSPS) is 10.7. The molecule has 1 heterocycles. The van der Waals surface area contributed by atoms with E-state index < -0.39 is 4.92 Å². The van der Waals surface area contributed by atoms with Gasteiger partial charge in [0, 0.05) is 19.6 Å². The summed E-state index contributed by atoms with van der Waals surface area (Å²) in [5.41, 5.74) is -0.0417. The predicted molar refractivity (Wildman–Crippen MR) is 80.2 cm³/mol. The average Bonchev–Trinajstić information content (AvgIpc) is 2.39. The summed E-state index contributed by atoms with van der Waals surface area (Å²) < 4.78 is 0. The molecule has 0 unspecified atom stereocenters. The Morgan fingerprint density at radius 3 is 2.50 bits per heavy atom. The Labute approximate surface area is 119 Å². The molecule has 0 aromatic carbocycles. The molecule has 1 N–H and O–H groups in total. The summed E-state index contributed by atoms with van der Waals surface area (Å²) in [5.74, 6) is 1.21.